The summed E-state index contributed by atoms with van der Waals surface area (Å²) in [6.45, 7) is 8.85. The molecule has 1 aromatic carbocycles. The van der Waals surface area contributed by atoms with Gasteiger partial charge >= 0.3 is 0 Å². The summed E-state index contributed by atoms with van der Waals surface area (Å²) in [5.41, 5.74) is 11.3. The maximum Gasteiger partial charge on any atom is 0.253 e. The Balaban J connectivity index is 1.66. The lowest BCUT2D eigenvalue weighted by Crippen LogP contribution is -2.23. The molecule has 1 heterocycles. The average Bonchev–Trinajstić information content (AvgIpc) is 3.21. The molecule has 3 rings (SSSR count). The van der Waals surface area contributed by atoms with Crippen molar-refractivity contribution < 1.29 is 4.79 Å². The Kier molecular flexibility index (Phi) is 4.26. The Morgan fingerprint density at radius 3 is 2.38 bits per heavy atom. The Labute approximate surface area is 144 Å². The Morgan fingerprint density at radius 1 is 1.25 bits per heavy atom. The van der Waals surface area contributed by atoms with E-state index in [1.165, 1.54) is 5.56 Å². The van der Waals surface area contributed by atoms with E-state index in [-0.39, 0.29) is 11.4 Å². The number of nitrogens with zero attached hydrogens (tertiary/aromatic N) is 1. The number of nitrogens with one attached hydrogen (secondary N) is 1. The number of hydrogen-bond donors (Lipinski definition) is 2. The number of nitrogens with two attached hydrogens (primary N) is 1. The van der Waals surface area contributed by atoms with E-state index in [4.69, 9.17) is 5.73 Å². The molecular formula is C20H27N3O. The molecule has 0 atom stereocenters. The normalized spacial score (nSPS) is 15.6. The number of amides is 1. The lowest BCUT2D eigenvalue weighted by atomic mass is 10.0. The third-order valence-corrected chi connectivity index (χ3v) is 5.02. The van der Waals surface area contributed by atoms with Crippen LogP contribution in [0.5, 0.6) is 0 Å². The van der Waals surface area contributed by atoms with Crippen LogP contribution in [0.1, 0.15) is 65.6 Å². The minimum atomic E-state index is -0.101. The molecule has 1 amide bonds. The molecule has 1 aromatic heterocycles. The van der Waals surface area contributed by atoms with Crippen molar-refractivity contribution in [3.63, 3.8) is 0 Å². The van der Waals surface area contributed by atoms with E-state index in [1.807, 2.05) is 19.9 Å². The third kappa shape index (κ3) is 3.11. The minimum Gasteiger partial charge on any atom is -0.348 e. The fourth-order valence-electron chi connectivity index (χ4n) is 3.46. The van der Waals surface area contributed by atoms with Gasteiger partial charge in [0.2, 0.25) is 0 Å². The number of carbonyl (C=O) groups is 1. The largest absolute Gasteiger partial charge is 0.348 e. The van der Waals surface area contributed by atoms with Gasteiger partial charge in [0.1, 0.15) is 0 Å². The van der Waals surface area contributed by atoms with E-state index in [9.17, 15) is 4.79 Å². The van der Waals surface area contributed by atoms with Crippen LogP contribution >= 0.6 is 0 Å². The molecule has 4 nitrogen and oxygen atoms in total. The Bertz CT molecular complexity index is 752. The van der Waals surface area contributed by atoms with Crippen LogP contribution in [0.3, 0.4) is 0 Å². The molecule has 24 heavy (non-hydrogen) atoms. The van der Waals surface area contributed by atoms with Gasteiger partial charge in [0, 0.05) is 29.5 Å². The maximum absolute atomic E-state index is 12.5. The minimum absolute atomic E-state index is 0.0171. The summed E-state index contributed by atoms with van der Waals surface area (Å²) in [5, 5.41) is 3.03. The van der Waals surface area contributed by atoms with Crippen molar-refractivity contribution in [2.24, 2.45) is 5.73 Å². The zero-order chi connectivity index (χ0) is 17.5. The summed E-state index contributed by atoms with van der Waals surface area (Å²) in [4.78, 5) is 12.5. The zero-order valence-electron chi connectivity index (χ0n) is 15.0. The molecule has 3 N–H and O–H groups in total. The van der Waals surface area contributed by atoms with Crippen molar-refractivity contribution in [1.29, 1.82) is 0 Å². The number of hydrogen-bond acceptors (Lipinski definition) is 2. The standard InChI is InChI=1S/C20H27N3O/c1-13(2)23-14(3)11-18(15(23)4)19(24)22-12-16-5-7-17(8-6-16)20(21)9-10-20/h5-8,11,13H,9-10,12,21H2,1-4H3,(H,22,24). The molecule has 0 aliphatic heterocycles. The van der Waals surface area contributed by atoms with Crippen LogP contribution in [-0.2, 0) is 12.1 Å². The van der Waals surface area contributed by atoms with Gasteiger partial charge < -0.3 is 15.6 Å². The van der Waals surface area contributed by atoms with E-state index in [2.05, 4.69) is 48.0 Å². The molecule has 0 bridgehead atoms. The van der Waals surface area contributed by atoms with Crippen molar-refractivity contribution in [3.8, 4) is 0 Å². The second kappa shape index (κ2) is 6.10. The highest BCUT2D eigenvalue weighted by Crippen LogP contribution is 2.42. The second-order valence-electron chi connectivity index (χ2n) is 7.28. The zero-order valence-corrected chi connectivity index (χ0v) is 15.0. The van der Waals surface area contributed by atoms with Crippen molar-refractivity contribution in [2.75, 3.05) is 0 Å². The first-order chi connectivity index (χ1) is 11.3. The molecule has 2 aromatic rings. The highest BCUT2D eigenvalue weighted by atomic mass is 16.1. The lowest BCUT2D eigenvalue weighted by Gasteiger charge is -2.14. The topological polar surface area (TPSA) is 60.1 Å². The molecule has 1 aliphatic rings. The summed E-state index contributed by atoms with van der Waals surface area (Å²) in [5.74, 6) is -0.0171. The van der Waals surface area contributed by atoms with Gasteiger partial charge in [0.05, 0.1) is 5.56 Å². The van der Waals surface area contributed by atoms with E-state index in [1.54, 1.807) is 0 Å². The van der Waals surface area contributed by atoms with Gasteiger partial charge in [-0.15, -0.1) is 0 Å². The predicted octanol–water partition coefficient (Wildman–Crippen LogP) is 3.56. The molecule has 1 saturated carbocycles. The van der Waals surface area contributed by atoms with Gasteiger partial charge in [0.25, 0.3) is 5.91 Å². The first kappa shape index (κ1) is 16.8. The van der Waals surface area contributed by atoms with Crippen LogP contribution in [0.25, 0.3) is 0 Å². The molecule has 4 heteroatoms. The fourth-order valence-corrected chi connectivity index (χ4v) is 3.46. The second-order valence-corrected chi connectivity index (χ2v) is 7.28. The van der Waals surface area contributed by atoms with Crippen LogP contribution in [0.15, 0.2) is 30.3 Å². The van der Waals surface area contributed by atoms with Crippen LogP contribution in [0.2, 0.25) is 0 Å². The summed E-state index contributed by atoms with van der Waals surface area (Å²) in [6, 6.07) is 10.6. The summed E-state index contributed by atoms with van der Waals surface area (Å²) in [6.07, 6.45) is 2.13. The number of benzene rings is 1. The van der Waals surface area contributed by atoms with Gasteiger partial charge in [-0.3, -0.25) is 4.79 Å². The predicted molar refractivity (Wildman–Crippen MR) is 97.0 cm³/mol. The molecular weight excluding hydrogens is 298 g/mol. The average molecular weight is 325 g/mol. The maximum atomic E-state index is 12.5. The van der Waals surface area contributed by atoms with Crippen LogP contribution in [0, 0.1) is 13.8 Å². The van der Waals surface area contributed by atoms with Gasteiger partial charge in [-0.2, -0.15) is 0 Å². The highest BCUT2D eigenvalue weighted by molar-refractivity contribution is 5.95. The quantitative estimate of drug-likeness (QED) is 0.883. The van der Waals surface area contributed by atoms with Gasteiger partial charge in [-0.25, -0.2) is 0 Å². The van der Waals surface area contributed by atoms with Crippen molar-refractivity contribution in [1.82, 2.24) is 9.88 Å². The van der Waals surface area contributed by atoms with E-state index in [0.717, 1.165) is 35.4 Å². The molecule has 128 valence electrons. The molecule has 1 fully saturated rings. The monoisotopic (exact) mass is 325 g/mol. The summed E-state index contributed by atoms with van der Waals surface area (Å²) >= 11 is 0. The van der Waals surface area contributed by atoms with Gasteiger partial charge in [0.15, 0.2) is 0 Å². The SMILES string of the molecule is Cc1cc(C(=O)NCc2ccc(C3(N)CC3)cc2)c(C)n1C(C)C. The lowest BCUT2D eigenvalue weighted by molar-refractivity contribution is 0.0950. The fraction of sp³-hybridized carbons (Fsp3) is 0.450. The molecule has 1 aliphatic carbocycles. The van der Waals surface area contributed by atoms with E-state index in [0.29, 0.717) is 12.6 Å². The van der Waals surface area contributed by atoms with Crippen molar-refractivity contribution >= 4 is 5.91 Å². The first-order valence-electron chi connectivity index (χ1n) is 8.67. The van der Waals surface area contributed by atoms with Crippen LogP contribution in [0.4, 0.5) is 0 Å². The molecule has 0 spiro atoms. The molecule has 0 radical (unpaired) electrons. The van der Waals surface area contributed by atoms with Crippen LogP contribution < -0.4 is 11.1 Å². The number of carbonyl (C=O) groups excluding carboxylic acids is 1. The Morgan fingerprint density at radius 2 is 1.88 bits per heavy atom. The smallest absolute Gasteiger partial charge is 0.253 e. The first-order valence-corrected chi connectivity index (χ1v) is 8.67. The Hall–Kier alpha value is -2.07. The summed E-state index contributed by atoms with van der Waals surface area (Å²) < 4.78 is 2.19. The molecule has 0 saturated heterocycles. The number of aryl methyl sites for hydroxylation is 1. The van der Waals surface area contributed by atoms with Gasteiger partial charge in [-0.05, 0) is 57.7 Å². The highest BCUT2D eigenvalue weighted by Gasteiger charge is 2.39. The summed E-state index contributed by atoms with van der Waals surface area (Å²) in [7, 11) is 0. The molecule has 0 unspecified atom stereocenters. The van der Waals surface area contributed by atoms with E-state index >= 15 is 0 Å². The third-order valence-electron chi connectivity index (χ3n) is 5.02. The van der Waals surface area contributed by atoms with E-state index < -0.39 is 0 Å². The van der Waals surface area contributed by atoms with Crippen molar-refractivity contribution in [2.45, 2.75) is 58.7 Å². The van der Waals surface area contributed by atoms with Crippen molar-refractivity contribution in [3.05, 3.63) is 58.4 Å². The number of aromatic nitrogens is 1. The van der Waals surface area contributed by atoms with Gasteiger partial charge in [-0.1, -0.05) is 24.3 Å². The van der Waals surface area contributed by atoms with Crippen LogP contribution in [-0.4, -0.2) is 10.5 Å². The number of rotatable bonds is 5.